The van der Waals surface area contributed by atoms with Gasteiger partial charge in [-0.2, -0.15) is 0 Å². The number of hydrogen-bond acceptors (Lipinski definition) is 5. The molecule has 17 heavy (non-hydrogen) atoms. The molecule has 1 aliphatic carbocycles. The highest BCUT2D eigenvalue weighted by Gasteiger charge is 2.27. The van der Waals surface area contributed by atoms with E-state index in [1.54, 1.807) is 6.92 Å². The van der Waals surface area contributed by atoms with Crippen molar-refractivity contribution in [3.63, 3.8) is 0 Å². The van der Waals surface area contributed by atoms with Gasteiger partial charge in [0.25, 0.3) is 0 Å². The standard InChI is InChI=1S/C11H17BN2O3/c1-2-17-11(16)10(13)9(12)5-14-8-3-7(4-8)6-15/h5,7-8,15H,2-4,6,13H2,1H3. The first kappa shape index (κ1) is 13.8. The summed E-state index contributed by atoms with van der Waals surface area (Å²) in [7, 11) is 5.60. The fraction of sp³-hybridized carbons (Fsp3) is 0.636. The van der Waals surface area contributed by atoms with Crippen molar-refractivity contribution in [2.75, 3.05) is 13.2 Å². The minimum Gasteiger partial charge on any atom is -0.461 e. The Hall–Kier alpha value is -1.30. The maximum atomic E-state index is 11.2. The Kier molecular flexibility index (Phi) is 5.22. The van der Waals surface area contributed by atoms with Crippen molar-refractivity contribution in [2.45, 2.75) is 25.8 Å². The van der Waals surface area contributed by atoms with E-state index in [0.29, 0.717) is 5.92 Å². The van der Waals surface area contributed by atoms with Crippen LogP contribution in [0.1, 0.15) is 19.8 Å². The van der Waals surface area contributed by atoms with E-state index >= 15 is 0 Å². The number of aliphatic hydroxyl groups is 1. The lowest BCUT2D eigenvalue weighted by molar-refractivity contribution is -0.138. The number of allylic oxidation sites excluding steroid dienone is 1. The molecule has 92 valence electrons. The van der Waals surface area contributed by atoms with Crippen molar-refractivity contribution in [3.05, 3.63) is 11.2 Å². The molecule has 6 heteroatoms. The molecular weight excluding hydrogens is 219 g/mol. The van der Waals surface area contributed by atoms with E-state index in [1.165, 1.54) is 6.21 Å². The lowest BCUT2D eigenvalue weighted by Crippen LogP contribution is -2.29. The molecule has 0 amide bonds. The molecule has 0 unspecified atom stereocenters. The van der Waals surface area contributed by atoms with Gasteiger partial charge in [0.1, 0.15) is 13.5 Å². The first-order valence-corrected chi connectivity index (χ1v) is 5.64. The average Bonchev–Trinajstić information content (AvgIpc) is 2.26. The van der Waals surface area contributed by atoms with E-state index in [0.717, 1.165) is 12.8 Å². The molecule has 1 rings (SSSR count). The molecule has 2 radical (unpaired) electrons. The lowest BCUT2D eigenvalue weighted by Gasteiger charge is -2.30. The third kappa shape index (κ3) is 3.89. The number of rotatable bonds is 5. The predicted molar refractivity (Wildman–Crippen MR) is 65.7 cm³/mol. The van der Waals surface area contributed by atoms with Crippen molar-refractivity contribution in [2.24, 2.45) is 16.6 Å². The Morgan fingerprint density at radius 2 is 2.29 bits per heavy atom. The summed E-state index contributed by atoms with van der Waals surface area (Å²) in [6, 6.07) is 0.167. The smallest absolute Gasteiger partial charge is 0.353 e. The summed E-state index contributed by atoms with van der Waals surface area (Å²) in [6.45, 7) is 2.14. The number of aliphatic hydroxyl groups excluding tert-OH is 1. The Morgan fingerprint density at radius 3 is 2.82 bits per heavy atom. The number of hydrogen-bond donors (Lipinski definition) is 2. The summed E-state index contributed by atoms with van der Waals surface area (Å²) < 4.78 is 4.71. The maximum Gasteiger partial charge on any atom is 0.353 e. The molecule has 0 aromatic carbocycles. The second-order valence-corrected chi connectivity index (χ2v) is 4.04. The molecule has 0 bridgehead atoms. The Balaban J connectivity index is 2.47. The highest BCUT2D eigenvalue weighted by Crippen LogP contribution is 2.29. The fourth-order valence-corrected chi connectivity index (χ4v) is 1.55. The van der Waals surface area contributed by atoms with Crippen molar-refractivity contribution >= 4 is 20.0 Å². The van der Waals surface area contributed by atoms with Crippen LogP contribution in [0, 0.1) is 5.92 Å². The Labute approximate surface area is 102 Å². The van der Waals surface area contributed by atoms with Gasteiger partial charge in [-0.3, -0.25) is 4.99 Å². The summed E-state index contributed by atoms with van der Waals surface area (Å²) in [6.07, 6.45) is 3.09. The number of carbonyl (C=O) groups excluding carboxylic acids is 1. The van der Waals surface area contributed by atoms with Crippen LogP contribution in [0.5, 0.6) is 0 Å². The number of carbonyl (C=O) groups is 1. The summed E-state index contributed by atoms with van der Waals surface area (Å²) in [5.74, 6) is -0.289. The summed E-state index contributed by atoms with van der Waals surface area (Å²) in [5, 5.41) is 8.83. The van der Waals surface area contributed by atoms with E-state index in [2.05, 4.69) is 4.99 Å². The van der Waals surface area contributed by atoms with Gasteiger partial charge < -0.3 is 15.6 Å². The number of nitrogens with two attached hydrogens (primary N) is 1. The van der Waals surface area contributed by atoms with E-state index in [9.17, 15) is 4.79 Å². The molecular formula is C11H17BN2O3. The summed E-state index contributed by atoms with van der Waals surface area (Å²) in [5.41, 5.74) is 5.50. The molecule has 0 saturated heterocycles. The molecule has 0 spiro atoms. The molecule has 0 atom stereocenters. The quantitative estimate of drug-likeness (QED) is 0.298. The highest BCUT2D eigenvalue weighted by atomic mass is 16.5. The SMILES string of the molecule is [B]C(C=NC1CC(CO)C1)=C(N)C(=O)OCC. The third-order valence-electron chi connectivity index (χ3n) is 2.70. The third-order valence-corrected chi connectivity index (χ3v) is 2.70. The molecule has 1 fully saturated rings. The predicted octanol–water partition coefficient (Wildman–Crippen LogP) is -0.270. The number of nitrogens with zero attached hydrogens (tertiary/aromatic N) is 1. The zero-order chi connectivity index (χ0) is 12.8. The second-order valence-electron chi connectivity index (χ2n) is 4.04. The van der Waals surface area contributed by atoms with Crippen LogP contribution in [0.4, 0.5) is 0 Å². The Morgan fingerprint density at radius 1 is 1.65 bits per heavy atom. The first-order chi connectivity index (χ1) is 8.08. The van der Waals surface area contributed by atoms with Crippen molar-refractivity contribution < 1.29 is 14.6 Å². The molecule has 0 aromatic rings. The van der Waals surface area contributed by atoms with Crippen LogP contribution in [0.25, 0.3) is 0 Å². The average molecular weight is 236 g/mol. The first-order valence-electron chi connectivity index (χ1n) is 5.64. The number of aliphatic imine (C=N–C) groups is 1. The molecule has 0 aromatic heterocycles. The van der Waals surface area contributed by atoms with E-state index in [1.807, 2.05) is 0 Å². The van der Waals surface area contributed by atoms with E-state index in [-0.39, 0.29) is 30.4 Å². The topological polar surface area (TPSA) is 84.9 Å². The van der Waals surface area contributed by atoms with Crippen LogP contribution >= 0.6 is 0 Å². The van der Waals surface area contributed by atoms with Crippen molar-refractivity contribution in [1.29, 1.82) is 0 Å². The molecule has 1 saturated carbocycles. The molecule has 0 heterocycles. The molecule has 1 aliphatic rings. The second kappa shape index (κ2) is 6.44. The molecule has 5 nitrogen and oxygen atoms in total. The fourth-order valence-electron chi connectivity index (χ4n) is 1.55. The monoisotopic (exact) mass is 236 g/mol. The van der Waals surface area contributed by atoms with Gasteiger partial charge in [0.15, 0.2) is 0 Å². The van der Waals surface area contributed by atoms with Gasteiger partial charge in [0, 0.05) is 12.8 Å². The van der Waals surface area contributed by atoms with Gasteiger partial charge in [-0.1, -0.05) is 0 Å². The largest absolute Gasteiger partial charge is 0.461 e. The van der Waals surface area contributed by atoms with E-state index < -0.39 is 5.97 Å². The normalized spacial score (nSPS) is 25.3. The van der Waals surface area contributed by atoms with Gasteiger partial charge >= 0.3 is 5.97 Å². The zero-order valence-electron chi connectivity index (χ0n) is 9.93. The zero-order valence-corrected chi connectivity index (χ0v) is 9.93. The Bertz CT molecular complexity index is 336. The van der Waals surface area contributed by atoms with Crippen LogP contribution in [-0.4, -0.2) is 44.4 Å². The van der Waals surface area contributed by atoms with Crippen LogP contribution in [0.15, 0.2) is 16.2 Å². The van der Waals surface area contributed by atoms with Gasteiger partial charge in [-0.05, 0) is 31.2 Å². The summed E-state index contributed by atoms with van der Waals surface area (Å²) >= 11 is 0. The minimum atomic E-state index is -0.627. The summed E-state index contributed by atoms with van der Waals surface area (Å²) in [4.78, 5) is 15.4. The molecule has 0 aliphatic heterocycles. The van der Waals surface area contributed by atoms with Crippen molar-refractivity contribution in [1.82, 2.24) is 0 Å². The van der Waals surface area contributed by atoms with Gasteiger partial charge in [0.05, 0.1) is 12.6 Å². The van der Waals surface area contributed by atoms with Gasteiger partial charge in [0.2, 0.25) is 0 Å². The number of esters is 1. The van der Waals surface area contributed by atoms with Crippen molar-refractivity contribution in [3.8, 4) is 0 Å². The van der Waals surface area contributed by atoms with Crippen LogP contribution in [0.3, 0.4) is 0 Å². The lowest BCUT2D eigenvalue weighted by atomic mass is 9.81. The van der Waals surface area contributed by atoms with E-state index in [4.69, 9.17) is 23.4 Å². The van der Waals surface area contributed by atoms with Crippen LogP contribution in [0.2, 0.25) is 0 Å². The minimum absolute atomic E-state index is 0.117. The van der Waals surface area contributed by atoms with Gasteiger partial charge in [-0.25, -0.2) is 4.79 Å². The number of ether oxygens (including phenoxy) is 1. The highest BCUT2D eigenvalue weighted by molar-refractivity contribution is 6.35. The maximum absolute atomic E-state index is 11.2. The van der Waals surface area contributed by atoms with Crippen LogP contribution < -0.4 is 5.73 Å². The van der Waals surface area contributed by atoms with Crippen LogP contribution in [-0.2, 0) is 9.53 Å². The van der Waals surface area contributed by atoms with Gasteiger partial charge in [-0.15, -0.1) is 0 Å². The molecule has 3 N–H and O–H groups in total.